The number of methoxy groups -OCH3 is 2. The summed E-state index contributed by atoms with van der Waals surface area (Å²) in [7, 11) is 3.30. The predicted molar refractivity (Wildman–Crippen MR) is 68.9 cm³/mol. The minimum absolute atomic E-state index is 0.363. The maximum atomic E-state index is 4.66. The van der Waals surface area contributed by atoms with Crippen molar-refractivity contribution in [3.8, 4) is 0 Å². The summed E-state index contributed by atoms with van der Waals surface area (Å²) in [6, 6.07) is 0. The molecule has 0 aromatic rings. The first-order chi connectivity index (χ1) is 7.33. The molecule has 3 nitrogen and oxygen atoms in total. The van der Waals surface area contributed by atoms with E-state index in [9.17, 15) is 0 Å². The molecule has 3 heteroatoms. The molecule has 0 radical (unpaired) electrons. The lowest BCUT2D eigenvalue weighted by atomic mass is 9.83. The molecule has 1 saturated heterocycles. The van der Waals surface area contributed by atoms with E-state index in [2.05, 4.69) is 42.5 Å². The summed E-state index contributed by atoms with van der Waals surface area (Å²) in [5.74, 6) is 0. The van der Waals surface area contributed by atoms with Gasteiger partial charge in [-0.2, -0.15) is 0 Å². The first-order valence-electron chi connectivity index (χ1n) is 6.10. The highest BCUT2D eigenvalue weighted by Crippen LogP contribution is 2.27. The summed E-state index contributed by atoms with van der Waals surface area (Å²) in [4.78, 5) is 0. The lowest BCUT2D eigenvalue weighted by Crippen LogP contribution is -2.55. The number of nitrogens with one attached hydrogen (secondary N) is 1. The van der Waals surface area contributed by atoms with Crippen LogP contribution in [-0.4, -0.2) is 38.5 Å². The SMILES string of the molecule is CC1(C)CCCC(C)(C)N1.COCCOC. The van der Waals surface area contributed by atoms with Crippen LogP contribution in [0.25, 0.3) is 0 Å². The molecule has 0 aromatic carbocycles. The van der Waals surface area contributed by atoms with Crippen molar-refractivity contribution in [2.24, 2.45) is 0 Å². The Bertz CT molecular complexity index is 161. The first kappa shape index (κ1) is 15.9. The highest BCUT2D eigenvalue weighted by atomic mass is 16.5. The van der Waals surface area contributed by atoms with Gasteiger partial charge in [0.1, 0.15) is 0 Å². The molecule has 0 amide bonds. The molecule has 0 bridgehead atoms. The molecule has 0 saturated carbocycles. The third-order valence-corrected chi connectivity index (χ3v) is 2.77. The van der Waals surface area contributed by atoms with Crippen molar-refractivity contribution in [3.05, 3.63) is 0 Å². The second-order valence-electron chi connectivity index (χ2n) is 5.73. The van der Waals surface area contributed by atoms with E-state index >= 15 is 0 Å². The van der Waals surface area contributed by atoms with Gasteiger partial charge in [0.15, 0.2) is 0 Å². The smallest absolute Gasteiger partial charge is 0.0696 e. The summed E-state index contributed by atoms with van der Waals surface area (Å²) in [6.07, 6.45) is 4.00. The number of piperidine rings is 1. The van der Waals surface area contributed by atoms with Crippen LogP contribution in [-0.2, 0) is 9.47 Å². The van der Waals surface area contributed by atoms with Crippen LogP contribution in [0.5, 0.6) is 0 Å². The van der Waals surface area contributed by atoms with Crippen LogP contribution in [0.3, 0.4) is 0 Å². The third-order valence-electron chi connectivity index (χ3n) is 2.77. The van der Waals surface area contributed by atoms with Crippen molar-refractivity contribution in [1.29, 1.82) is 0 Å². The Hall–Kier alpha value is -0.120. The van der Waals surface area contributed by atoms with E-state index in [0.29, 0.717) is 24.3 Å². The molecule has 0 aliphatic carbocycles. The fraction of sp³-hybridized carbons (Fsp3) is 1.00. The van der Waals surface area contributed by atoms with E-state index < -0.39 is 0 Å². The molecule has 1 fully saturated rings. The zero-order valence-electron chi connectivity index (χ0n) is 11.9. The van der Waals surface area contributed by atoms with Crippen LogP contribution in [0.15, 0.2) is 0 Å². The van der Waals surface area contributed by atoms with Gasteiger partial charge in [-0.1, -0.05) is 0 Å². The highest BCUT2D eigenvalue weighted by molar-refractivity contribution is 4.92. The van der Waals surface area contributed by atoms with Gasteiger partial charge >= 0.3 is 0 Å². The van der Waals surface area contributed by atoms with Crippen molar-refractivity contribution >= 4 is 0 Å². The number of hydrogen-bond donors (Lipinski definition) is 1. The molecule has 1 N–H and O–H groups in total. The largest absolute Gasteiger partial charge is 0.382 e. The molecule has 1 aliphatic rings. The van der Waals surface area contributed by atoms with Gasteiger partial charge in [0.25, 0.3) is 0 Å². The van der Waals surface area contributed by atoms with Crippen LogP contribution >= 0.6 is 0 Å². The van der Waals surface area contributed by atoms with E-state index in [4.69, 9.17) is 0 Å². The zero-order chi connectivity index (χ0) is 12.7. The molecular weight excluding hydrogens is 202 g/mol. The quantitative estimate of drug-likeness (QED) is 0.757. The molecule has 1 heterocycles. The Morgan fingerprint density at radius 2 is 1.25 bits per heavy atom. The molecule has 1 aliphatic heterocycles. The molecule has 16 heavy (non-hydrogen) atoms. The van der Waals surface area contributed by atoms with Crippen molar-refractivity contribution in [3.63, 3.8) is 0 Å². The fourth-order valence-corrected chi connectivity index (χ4v) is 2.18. The minimum atomic E-state index is 0.363. The van der Waals surface area contributed by atoms with E-state index in [1.54, 1.807) is 14.2 Å². The van der Waals surface area contributed by atoms with E-state index in [0.717, 1.165) is 0 Å². The summed E-state index contributed by atoms with van der Waals surface area (Å²) in [6.45, 7) is 10.5. The maximum absolute atomic E-state index is 4.66. The molecule has 0 unspecified atom stereocenters. The van der Waals surface area contributed by atoms with Crippen LogP contribution in [0.2, 0.25) is 0 Å². The molecule has 0 aromatic heterocycles. The third kappa shape index (κ3) is 8.08. The lowest BCUT2D eigenvalue weighted by Gasteiger charge is -2.42. The Labute approximate surface area is 101 Å². The molecule has 0 spiro atoms. The van der Waals surface area contributed by atoms with Gasteiger partial charge in [-0.15, -0.1) is 0 Å². The minimum Gasteiger partial charge on any atom is -0.382 e. The van der Waals surface area contributed by atoms with Crippen molar-refractivity contribution < 1.29 is 9.47 Å². The Balaban J connectivity index is 0.000000325. The van der Waals surface area contributed by atoms with Gasteiger partial charge in [0, 0.05) is 25.3 Å². The number of ether oxygens (including phenoxy) is 2. The Morgan fingerprint density at radius 1 is 0.875 bits per heavy atom. The van der Waals surface area contributed by atoms with Gasteiger partial charge in [0.2, 0.25) is 0 Å². The van der Waals surface area contributed by atoms with E-state index in [1.807, 2.05) is 0 Å². The lowest BCUT2D eigenvalue weighted by molar-refractivity contribution is 0.103. The van der Waals surface area contributed by atoms with E-state index in [1.165, 1.54) is 19.3 Å². The van der Waals surface area contributed by atoms with Gasteiger partial charge in [-0.25, -0.2) is 0 Å². The standard InChI is InChI=1S/C9H19N.C4H10O2/c1-8(2)6-5-7-9(3,4)10-8;1-5-3-4-6-2/h10H,5-7H2,1-4H3;3-4H2,1-2H3. The number of hydrogen-bond acceptors (Lipinski definition) is 3. The average molecular weight is 231 g/mol. The average Bonchev–Trinajstić information content (AvgIpc) is 2.11. The second-order valence-corrected chi connectivity index (χ2v) is 5.73. The molecule has 1 rings (SSSR count). The summed E-state index contributed by atoms with van der Waals surface area (Å²) < 4.78 is 9.31. The van der Waals surface area contributed by atoms with Gasteiger partial charge < -0.3 is 14.8 Å². The topological polar surface area (TPSA) is 30.5 Å². The van der Waals surface area contributed by atoms with E-state index in [-0.39, 0.29) is 0 Å². The van der Waals surface area contributed by atoms with Crippen LogP contribution in [0.4, 0.5) is 0 Å². The summed E-state index contributed by atoms with van der Waals surface area (Å²) in [5.41, 5.74) is 0.726. The van der Waals surface area contributed by atoms with Crippen LogP contribution in [0.1, 0.15) is 47.0 Å². The van der Waals surface area contributed by atoms with Gasteiger partial charge in [-0.3, -0.25) is 0 Å². The second kappa shape index (κ2) is 7.25. The predicted octanol–water partition coefficient (Wildman–Crippen LogP) is 2.60. The first-order valence-corrected chi connectivity index (χ1v) is 6.10. The maximum Gasteiger partial charge on any atom is 0.0696 e. The van der Waals surface area contributed by atoms with Crippen LogP contribution < -0.4 is 5.32 Å². The fourth-order valence-electron chi connectivity index (χ4n) is 2.18. The van der Waals surface area contributed by atoms with Crippen LogP contribution in [0, 0.1) is 0 Å². The van der Waals surface area contributed by atoms with Crippen molar-refractivity contribution in [1.82, 2.24) is 5.32 Å². The van der Waals surface area contributed by atoms with Crippen molar-refractivity contribution in [2.75, 3.05) is 27.4 Å². The Kier molecular flexibility index (Phi) is 7.20. The van der Waals surface area contributed by atoms with Gasteiger partial charge in [-0.05, 0) is 47.0 Å². The number of rotatable bonds is 3. The highest BCUT2D eigenvalue weighted by Gasteiger charge is 2.31. The monoisotopic (exact) mass is 231 g/mol. The molecule has 98 valence electrons. The summed E-state index contributed by atoms with van der Waals surface area (Å²) in [5, 5.41) is 3.63. The zero-order valence-corrected chi connectivity index (χ0v) is 11.9. The molecular formula is C13H29NO2. The molecule has 0 atom stereocenters. The van der Waals surface area contributed by atoms with Crippen molar-refractivity contribution in [2.45, 2.75) is 58.0 Å². The Morgan fingerprint density at radius 3 is 1.44 bits per heavy atom. The summed E-state index contributed by atoms with van der Waals surface area (Å²) >= 11 is 0. The van der Waals surface area contributed by atoms with Gasteiger partial charge in [0.05, 0.1) is 13.2 Å². The normalized spacial score (nSPS) is 22.1.